The van der Waals surface area contributed by atoms with Gasteiger partial charge in [-0.15, -0.1) is 0 Å². The molecule has 2 aromatic carbocycles. The number of anilines is 4. The highest BCUT2D eigenvalue weighted by Crippen LogP contribution is 2.31. The number of amides is 1. The number of rotatable bonds is 6. The molecule has 3 aromatic rings. The Balaban J connectivity index is 1.77. The van der Waals surface area contributed by atoms with Gasteiger partial charge in [-0.3, -0.25) is 15.6 Å². The van der Waals surface area contributed by atoms with Crippen LogP contribution >= 0.6 is 0 Å². The first-order valence-electron chi connectivity index (χ1n) is 8.63. The van der Waals surface area contributed by atoms with E-state index in [0.717, 1.165) is 16.8 Å². The lowest BCUT2D eigenvalue weighted by Crippen LogP contribution is -2.30. The average Bonchev–Trinajstić information content (AvgIpc) is 2.69. The summed E-state index contributed by atoms with van der Waals surface area (Å²) in [7, 11) is 1.59. The van der Waals surface area contributed by atoms with Crippen LogP contribution in [0.3, 0.4) is 0 Å². The standard InChI is InChI=1S/C20H22N6O2/c1-12-8-9-16(28-3)15(10-12)24-18-17(21)19(23-11-22-18)25-26-20(27)14-7-5-4-6-13(14)2/h4-11H,21H2,1-3H3,(H,26,27)(H2,22,23,24,25). The molecule has 144 valence electrons. The molecule has 0 spiro atoms. The molecule has 8 nitrogen and oxygen atoms in total. The van der Waals surface area contributed by atoms with E-state index in [1.54, 1.807) is 19.2 Å². The van der Waals surface area contributed by atoms with Gasteiger partial charge in [-0.25, -0.2) is 9.97 Å². The van der Waals surface area contributed by atoms with E-state index in [2.05, 4.69) is 26.1 Å². The third-order valence-corrected chi connectivity index (χ3v) is 4.18. The molecule has 0 bridgehead atoms. The Bertz CT molecular complexity index is 1010. The maximum absolute atomic E-state index is 12.4. The van der Waals surface area contributed by atoms with Crippen molar-refractivity contribution in [3.63, 3.8) is 0 Å². The molecule has 0 unspecified atom stereocenters. The predicted octanol–water partition coefficient (Wildman–Crippen LogP) is 3.18. The highest BCUT2D eigenvalue weighted by molar-refractivity contribution is 5.96. The Morgan fingerprint density at radius 2 is 1.82 bits per heavy atom. The molecule has 8 heteroatoms. The zero-order valence-corrected chi connectivity index (χ0v) is 15.9. The number of benzene rings is 2. The number of hydrazine groups is 1. The van der Waals surface area contributed by atoms with Gasteiger partial charge in [-0.05, 0) is 43.2 Å². The van der Waals surface area contributed by atoms with Gasteiger partial charge in [-0.2, -0.15) is 0 Å². The van der Waals surface area contributed by atoms with Crippen LogP contribution in [-0.4, -0.2) is 23.0 Å². The number of carbonyl (C=O) groups is 1. The van der Waals surface area contributed by atoms with Crippen molar-refractivity contribution < 1.29 is 9.53 Å². The summed E-state index contributed by atoms with van der Waals surface area (Å²) in [6.07, 6.45) is 1.35. The molecule has 1 aromatic heterocycles. The van der Waals surface area contributed by atoms with E-state index >= 15 is 0 Å². The van der Waals surface area contributed by atoms with Crippen molar-refractivity contribution in [2.75, 3.05) is 23.6 Å². The van der Waals surface area contributed by atoms with Gasteiger partial charge in [0.15, 0.2) is 11.6 Å². The van der Waals surface area contributed by atoms with E-state index in [0.29, 0.717) is 17.1 Å². The zero-order chi connectivity index (χ0) is 20.1. The molecule has 1 amide bonds. The maximum atomic E-state index is 12.4. The highest BCUT2D eigenvalue weighted by Gasteiger charge is 2.13. The second-order valence-electron chi connectivity index (χ2n) is 6.21. The lowest BCUT2D eigenvalue weighted by Gasteiger charge is -2.15. The first-order valence-corrected chi connectivity index (χ1v) is 8.63. The molecule has 1 heterocycles. The summed E-state index contributed by atoms with van der Waals surface area (Å²) in [5, 5.41) is 3.15. The number of ether oxygens (including phenoxy) is 1. The van der Waals surface area contributed by atoms with Gasteiger partial charge in [0.05, 0.1) is 12.8 Å². The topological polar surface area (TPSA) is 114 Å². The van der Waals surface area contributed by atoms with E-state index in [1.807, 2.05) is 44.2 Å². The Hall–Kier alpha value is -3.81. The highest BCUT2D eigenvalue weighted by atomic mass is 16.5. The number of carbonyl (C=O) groups excluding carboxylic acids is 1. The number of hydrogen-bond donors (Lipinski definition) is 4. The number of nitrogens with one attached hydrogen (secondary N) is 3. The van der Waals surface area contributed by atoms with Crippen LogP contribution in [0.4, 0.5) is 23.0 Å². The smallest absolute Gasteiger partial charge is 0.269 e. The van der Waals surface area contributed by atoms with Gasteiger partial charge in [0, 0.05) is 5.56 Å². The van der Waals surface area contributed by atoms with Crippen molar-refractivity contribution in [3.05, 3.63) is 65.5 Å². The summed E-state index contributed by atoms with van der Waals surface area (Å²) >= 11 is 0. The van der Waals surface area contributed by atoms with Crippen molar-refractivity contribution in [2.24, 2.45) is 0 Å². The van der Waals surface area contributed by atoms with Crippen LogP contribution in [0.2, 0.25) is 0 Å². The van der Waals surface area contributed by atoms with Gasteiger partial charge in [-0.1, -0.05) is 24.3 Å². The molecule has 0 saturated heterocycles. The summed E-state index contributed by atoms with van der Waals surface area (Å²) in [6.45, 7) is 3.84. The van der Waals surface area contributed by atoms with E-state index in [-0.39, 0.29) is 17.4 Å². The van der Waals surface area contributed by atoms with E-state index < -0.39 is 0 Å². The summed E-state index contributed by atoms with van der Waals surface area (Å²) in [4.78, 5) is 20.6. The third kappa shape index (κ3) is 4.12. The summed E-state index contributed by atoms with van der Waals surface area (Å²) in [5.74, 6) is 1.05. The van der Waals surface area contributed by atoms with Crippen LogP contribution < -0.4 is 26.6 Å². The first-order chi connectivity index (χ1) is 13.5. The fourth-order valence-electron chi connectivity index (χ4n) is 2.65. The van der Waals surface area contributed by atoms with E-state index in [4.69, 9.17) is 10.5 Å². The Kier molecular flexibility index (Phi) is 5.59. The monoisotopic (exact) mass is 378 g/mol. The van der Waals surface area contributed by atoms with Crippen molar-refractivity contribution in [3.8, 4) is 5.75 Å². The molecule has 0 fully saturated rings. The quantitative estimate of drug-likeness (QED) is 0.487. The van der Waals surface area contributed by atoms with Crippen LogP contribution in [0.15, 0.2) is 48.8 Å². The molecule has 28 heavy (non-hydrogen) atoms. The maximum Gasteiger partial charge on any atom is 0.269 e. The van der Waals surface area contributed by atoms with Crippen molar-refractivity contribution in [2.45, 2.75) is 13.8 Å². The lowest BCUT2D eigenvalue weighted by molar-refractivity contribution is 0.0962. The minimum absolute atomic E-state index is 0.260. The number of methoxy groups -OCH3 is 1. The average molecular weight is 378 g/mol. The third-order valence-electron chi connectivity index (χ3n) is 4.18. The number of aromatic nitrogens is 2. The Morgan fingerprint density at radius 1 is 1.07 bits per heavy atom. The molecule has 0 aliphatic heterocycles. The number of aryl methyl sites for hydroxylation is 2. The van der Waals surface area contributed by atoms with Crippen molar-refractivity contribution in [1.82, 2.24) is 15.4 Å². The molecule has 0 aliphatic carbocycles. The summed E-state index contributed by atoms with van der Waals surface area (Å²) < 4.78 is 5.36. The fraction of sp³-hybridized carbons (Fsp3) is 0.150. The van der Waals surface area contributed by atoms with Crippen LogP contribution in [-0.2, 0) is 0 Å². The van der Waals surface area contributed by atoms with Crippen LogP contribution in [0.1, 0.15) is 21.5 Å². The summed E-state index contributed by atoms with van der Waals surface area (Å²) in [6, 6.07) is 13.0. The predicted molar refractivity (Wildman–Crippen MR) is 110 cm³/mol. The van der Waals surface area contributed by atoms with Gasteiger partial charge >= 0.3 is 0 Å². The fourth-order valence-corrected chi connectivity index (χ4v) is 2.65. The number of nitrogens with zero attached hydrogens (tertiary/aromatic N) is 2. The first kappa shape index (κ1) is 19.0. The van der Waals surface area contributed by atoms with Crippen LogP contribution in [0.5, 0.6) is 5.75 Å². The van der Waals surface area contributed by atoms with Gasteiger partial charge in [0.1, 0.15) is 17.8 Å². The zero-order valence-electron chi connectivity index (χ0n) is 15.9. The number of nitrogens with two attached hydrogens (primary N) is 1. The van der Waals surface area contributed by atoms with E-state index in [9.17, 15) is 4.79 Å². The lowest BCUT2D eigenvalue weighted by atomic mass is 10.1. The minimum atomic E-state index is -0.286. The Labute approximate surface area is 163 Å². The molecule has 0 saturated carbocycles. The molecule has 0 atom stereocenters. The van der Waals surface area contributed by atoms with E-state index in [1.165, 1.54) is 6.33 Å². The SMILES string of the molecule is COc1ccc(C)cc1Nc1ncnc(NNC(=O)c2ccccc2C)c1N. The van der Waals surface area contributed by atoms with Gasteiger partial charge in [0.2, 0.25) is 0 Å². The number of nitrogen functional groups attached to an aromatic ring is 1. The molecule has 5 N–H and O–H groups in total. The van der Waals surface area contributed by atoms with Crippen LogP contribution in [0.25, 0.3) is 0 Å². The largest absolute Gasteiger partial charge is 0.495 e. The van der Waals surface area contributed by atoms with Gasteiger partial charge < -0.3 is 15.8 Å². The molecule has 3 rings (SSSR count). The van der Waals surface area contributed by atoms with Crippen LogP contribution in [0, 0.1) is 13.8 Å². The molecule has 0 aliphatic rings. The minimum Gasteiger partial charge on any atom is -0.495 e. The normalized spacial score (nSPS) is 10.2. The second-order valence-corrected chi connectivity index (χ2v) is 6.21. The van der Waals surface area contributed by atoms with Gasteiger partial charge in [0.25, 0.3) is 5.91 Å². The van der Waals surface area contributed by atoms with Crippen molar-refractivity contribution in [1.29, 1.82) is 0 Å². The molecular formula is C20H22N6O2. The molecule has 0 radical (unpaired) electrons. The molecular weight excluding hydrogens is 356 g/mol. The number of hydrogen-bond acceptors (Lipinski definition) is 7. The Morgan fingerprint density at radius 3 is 2.57 bits per heavy atom. The summed E-state index contributed by atoms with van der Waals surface area (Å²) in [5.41, 5.74) is 15.0. The second kappa shape index (κ2) is 8.26. The van der Waals surface area contributed by atoms with Crippen molar-refractivity contribution >= 4 is 28.9 Å².